The van der Waals surface area contributed by atoms with Gasteiger partial charge in [0.05, 0.1) is 6.04 Å². The van der Waals surface area contributed by atoms with Gasteiger partial charge in [0.15, 0.2) is 0 Å². The van der Waals surface area contributed by atoms with Crippen LogP contribution in [0.15, 0.2) is 24.6 Å². The largest absolute Gasteiger partial charge is 0.401 e. The molecule has 0 aliphatic heterocycles. The van der Waals surface area contributed by atoms with Crippen molar-refractivity contribution in [1.29, 1.82) is 0 Å². The van der Waals surface area contributed by atoms with Gasteiger partial charge in [-0.15, -0.1) is 0 Å². The Morgan fingerprint density at radius 3 is 2.20 bits per heavy atom. The average Bonchev–Trinajstić information content (AvgIpc) is 2.50. The monoisotopic (exact) mass is 353 g/mol. The molecule has 0 rings (SSSR count). The van der Waals surface area contributed by atoms with E-state index in [1.807, 2.05) is 13.8 Å². The van der Waals surface area contributed by atoms with E-state index in [1.54, 1.807) is 0 Å². The molecule has 7 N–H and O–H groups in total. The standard InChI is InChI=1S/C18H35N5O2/c1-6-7-8-9-13(4)22-16(12(2)3)17(24)23-15(14(5)19)10-11-21-18(20)25/h12,15-16,22H,4-11,19H2,1-3H3,(H,23,24)(H3,20,21,25). The number of allylic oxidation sites excluding steroid dienone is 1. The molecule has 3 amide bonds. The molecule has 0 saturated carbocycles. The minimum Gasteiger partial charge on any atom is -0.401 e. The Morgan fingerprint density at radius 1 is 1.08 bits per heavy atom. The number of hydrogen-bond acceptors (Lipinski definition) is 4. The van der Waals surface area contributed by atoms with Crippen molar-refractivity contribution in [1.82, 2.24) is 16.0 Å². The molecule has 0 saturated heterocycles. The first-order chi connectivity index (χ1) is 11.7. The van der Waals surface area contributed by atoms with Crippen LogP contribution in [-0.2, 0) is 4.79 Å². The average molecular weight is 354 g/mol. The second kappa shape index (κ2) is 12.2. The summed E-state index contributed by atoms with van der Waals surface area (Å²) in [5.41, 5.74) is 12.0. The lowest BCUT2D eigenvalue weighted by Crippen LogP contribution is -2.51. The summed E-state index contributed by atoms with van der Waals surface area (Å²) in [4.78, 5) is 23.4. The second-order valence-corrected chi connectivity index (χ2v) is 6.64. The number of urea groups is 1. The molecule has 0 aromatic rings. The van der Waals surface area contributed by atoms with Crippen LogP contribution in [0.4, 0.5) is 4.79 Å². The highest BCUT2D eigenvalue weighted by molar-refractivity contribution is 5.82. The molecule has 2 atom stereocenters. The van der Waals surface area contributed by atoms with Gasteiger partial charge in [0.25, 0.3) is 0 Å². The first kappa shape index (κ1) is 22.8. The molecule has 0 radical (unpaired) electrons. The van der Waals surface area contributed by atoms with E-state index in [0.29, 0.717) is 18.7 Å². The molecule has 0 aliphatic rings. The maximum Gasteiger partial charge on any atom is 0.312 e. The van der Waals surface area contributed by atoms with Gasteiger partial charge in [0.1, 0.15) is 6.04 Å². The van der Waals surface area contributed by atoms with E-state index in [4.69, 9.17) is 11.5 Å². The quantitative estimate of drug-likeness (QED) is 0.323. The fraction of sp³-hybridized carbons (Fsp3) is 0.667. The van der Waals surface area contributed by atoms with Crippen molar-refractivity contribution in [2.24, 2.45) is 17.4 Å². The first-order valence-corrected chi connectivity index (χ1v) is 8.91. The maximum absolute atomic E-state index is 12.6. The van der Waals surface area contributed by atoms with Crippen molar-refractivity contribution in [3.05, 3.63) is 24.6 Å². The number of primary amides is 1. The molecule has 7 heteroatoms. The molecule has 0 fully saturated rings. The van der Waals surface area contributed by atoms with Gasteiger partial charge < -0.3 is 27.4 Å². The molecule has 0 bridgehead atoms. The van der Waals surface area contributed by atoms with E-state index < -0.39 is 18.1 Å². The summed E-state index contributed by atoms with van der Waals surface area (Å²) in [5, 5.41) is 8.59. The molecule has 25 heavy (non-hydrogen) atoms. The molecule has 0 heterocycles. The SMILES string of the molecule is C=C(CCCCC)NC(C(=O)NC(CCNC(N)=O)C(=C)N)C(C)C. The number of amides is 3. The molecule has 144 valence electrons. The summed E-state index contributed by atoms with van der Waals surface area (Å²) in [6.07, 6.45) is 4.60. The Kier molecular flexibility index (Phi) is 11.2. The fourth-order valence-corrected chi connectivity index (χ4v) is 2.37. The molecule has 7 nitrogen and oxygen atoms in total. The Morgan fingerprint density at radius 2 is 1.72 bits per heavy atom. The van der Waals surface area contributed by atoms with Gasteiger partial charge in [-0.2, -0.15) is 0 Å². The van der Waals surface area contributed by atoms with E-state index in [1.165, 1.54) is 0 Å². The number of hydrogen-bond donors (Lipinski definition) is 5. The molecular weight excluding hydrogens is 318 g/mol. The smallest absolute Gasteiger partial charge is 0.312 e. The topological polar surface area (TPSA) is 122 Å². The molecule has 0 aromatic carbocycles. The van der Waals surface area contributed by atoms with Crippen molar-refractivity contribution in [3.8, 4) is 0 Å². The Bertz CT molecular complexity index is 462. The highest BCUT2D eigenvalue weighted by Gasteiger charge is 2.25. The summed E-state index contributed by atoms with van der Waals surface area (Å²) in [6.45, 7) is 14.1. The Balaban J connectivity index is 4.69. The van der Waals surface area contributed by atoms with E-state index in [0.717, 1.165) is 31.4 Å². The van der Waals surface area contributed by atoms with Crippen molar-refractivity contribution < 1.29 is 9.59 Å². The predicted molar refractivity (Wildman–Crippen MR) is 103 cm³/mol. The normalized spacial score (nSPS) is 13.0. The summed E-state index contributed by atoms with van der Waals surface area (Å²) in [6, 6.07) is -1.45. The number of rotatable bonds is 13. The van der Waals surface area contributed by atoms with Crippen molar-refractivity contribution in [2.45, 2.75) is 65.0 Å². The van der Waals surface area contributed by atoms with Crippen LogP contribution in [0.2, 0.25) is 0 Å². The lowest BCUT2D eigenvalue weighted by atomic mass is 10.0. The lowest BCUT2D eigenvalue weighted by molar-refractivity contribution is -0.124. The van der Waals surface area contributed by atoms with Crippen molar-refractivity contribution >= 4 is 11.9 Å². The summed E-state index contributed by atoms with van der Waals surface area (Å²) >= 11 is 0. The number of nitrogens with one attached hydrogen (secondary N) is 3. The molecule has 0 aromatic heterocycles. The Labute approximate surface area is 151 Å². The van der Waals surface area contributed by atoms with Crippen LogP contribution in [0.25, 0.3) is 0 Å². The van der Waals surface area contributed by atoms with Gasteiger partial charge in [0, 0.05) is 17.9 Å². The molecule has 2 unspecified atom stereocenters. The van der Waals surface area contributed by atoms with Gasteiger partial charge in [-0.1, -0.05) is 46.8 Å². The van der Waals surface area contributed by atoms with Crippen LogP contribution < -0.4 is 27.4 Å². The number of carbonyl (C=O) groups excluding carboxylic acids is 2. The molecular formula is C18H35N5O2. The fourth-order valence-electron chi connectivity index (χ4n) is 2.37. The maximum atomic E-state index is 12.6. The van der Waals surface area contributed by atoms with Crippen LogP contribution in [-0.4, -0.2) is 30.6 Å². The van der Waals surface area contributed by atoms with E-state index in [-0.39, 0.29) is 11.8 Å². The summed E-state index contributed by atoms with van der Waals surface area (Å²) in [7, 11) is 0. The Hall–Kier alpha value is -2.18. The minimum atomic E-state index is -0.613. The third-order valence-corrected chi connectivity index (χ3v) is 3.89. The highest BCUT2D eigenvalue weighted by Crippen LogP contribution is 2.10. The van der Waals surface area contributed by atoms with Crippen LogP contribution in [0.3, 0.4) is 0 Å². The van der Waals surface area contributed by atoms with Crippen LogP contribution in [0, 0.1) is 5.92 Å². The zero-order valence-corrected chi connectivity index (χ0v) is 15.9. The number of unbranched alkanes of at least 4 members (excludes halogenated alkanes) is 2. The minimum absolute atomic E-state index is 0.0818. The van der Waals surface area contributed by atoms with Crippen LogP contribution in [0.1, 0.15) is 52.9 Å². The van der Waals surface area contributed by atoms with E-state index >= 15 is 0 Å². The zero-order chi connectivity index (χ0) is 19.4. The van der Waals surface area contributed by atoms with Gasteiger partial charge >= 0.3 is 6.03 Å². The van der Waals surface area contributed by atoms with Gasteiger partial charge in [-0.05, 0) is 25.2 Å². The third-order valence-electron chi connectivity index (χ3n) is 3.89. The molecule has 0 aliphatic carbocycles. The first-order valence-electron chi connectivity index (χ1n) is 8.91. The van der Waals surface area contributed by atoms with Crippen LogP contribution >= 0.6 is 0 Å². The highest BCUT2D eigenvalue weighted by atomic mass is 16.2. The second-order valence-electron chi connectivity index (χ2n) is 6.64. The van der Waals surface area contributed by atoms with Gasteiger partial charge in [-0.25, -0.2) is 4.79 Å². The predicted octanol–water partition coefficient (Wildman–Crippen LogP) is 1.71. The molecule has 0 spiro atoms. The van der Waals surface area contributed by atoms with E-state index in [2.05, 4.69) is 36.0 Å². The lowest BCUT2D eigenvalue weighted by Gasteiger charge is -2.27. The number of nitrogens with two attached hydrogens (primary N) is 2. The summed E-state index contributed by atoms with van der Waals surface area (Å²) < 4.78 is 0. The summed E-state index contributed by atoms with van der Waals surface area (Å²) in [5.74, 6) is -0.0827. The van der Waals surface area contributed by atoms with Gasteiger partial charge in [-0.3, -0.25) is 4.79 Å². The van der Waals surface area contributed by atoms with Crippen molar-refractivity contribution in [3.63, 3.8) is 0 Å². The zero-order valence-electron chi connectivity index (χ0n) is 15.9. The van der Waals surface area contributed by atoms with Gasteiger partial charge in [0.2, 0.25) is 5.91 Å². The van der Waals surface area contributed by atoms with E-state index in [9.17, 15) is 9.59 Å². The number of carbonyl (C=O) groups is 2. The van der Waals surface area contributed by atoms with Crippen molar-refractivity contribution in [2.75, 3.05) is 6.54 Å². The van der Waals surface area contributed by atoms with Crippen LogP contribution in [0.5, 0.6) is 0 Å². The third kappa shape index (κ3) is 10.3.